The van der Waals surface area contributed by atoms with Crippen LogP contribution in [0, 0.1) is 11.3 Å². The average Bonchev–Trinajstić information content (AvgIpc) is 2.35. The van der Waals surface area contributed by atoms with Gasteiger partial charge in [0.15, 0.2) is 0 Å². The zero-order valence-corrected chi connectivity index (χ0v) is 9.12. The van der Waals surface area contributed by atoms with Gasteiger partial charge in [0.2, 0.25) is 0 Å². The van der Waals surface area contributed by atoms with Crippen molar-refractivity contribution in [3.8, 4) is 17.6 Å². The summed E-state index contributed by atoms with van der Waals surface area (Å²) in [5.41, 5.74) is 0.664. The third kappa shape index (κ3) is 1.36. The zero-order valence-electron chi connectivity index (χ0n) is 8.31. The van der Waals surface area contributed by atoms with Gasteiger partial charge in [-0.05, 0) is 24.3 Å². The third-order valence-corrected chi connectivity index (χ3v) is 3.56. The van der Waals surface area contributed by atoms with Crippen LogP contribution in [0.25, 0.3) is 0 Å². The molecule has 0 amide bonds. The summed E-state index contributed by atoms with van der Waals surface area (Å²) in [5.74, 6) is 1.62. The Bertz CT molecular complexity index is 601. The van der Waals surface area contributed by atoms with E-state index in [0.29, 0.717) is 5.56 Å². The molecule has 2 nitrogen and oxygen atoms in total. The summed E-state index contributed by atoms with van der Waals surface area (Å²) in [6.45, 7) is 0. The smallest absolute Gasteiger partial charge is 0.142 e. The molecule has 3 heteroatoms. The van der Waals surface area contributed by atoms with Crippen molar-refractivity contribution in [2.75, 3.05) is 0 Å². The van der Waals surface area contributed by atoms with E-state index in [9.17, 15) is 0 Å². The molecule has 0 saturated heterocycles. The lowest BCUT2D eigenvalue weighted by atomic mass is 10.2. The molecule has 0 bridgehead atoms. The van der Waals surface area contributed by atoms with Gasteiger partial charge < -0.3 is 4.74 Å². The predicted octanol–water partition coefficient (Wildman–Crippen LogP) is 3.82. The van der Waals surface area contributed by atoms with E-state index >= 15 is 0 Å². The second-order valence-corrected chi connectivity index (χ2v) is 4.45. The third-order valence-electron chi connectivity index (χ3n) is 2.38. The number of hydrogen-bond donors (Lipinski definition) is 0. The summed E-state index contributed by atoms with van der Waals surface area (Å²) < 4.78 is 5.75. The summed E-state index contributed by atoms with van der Waals surface area (Å²) in [4.78, 5) is 1.96. The van der Waals surface area contributed by atoms with Crippen molar-refractivity contribution in [2.45, 2.75) is 9.79 Å². The van der Waals surface area contributed by atoms with E-state index in [0.717, 1.165) is 21.3 Å². The standard InChI is InChI=1S/C13H7NOS/c14-8-9-4-3-6-11-13(9)16-12-7-2-1-5-10(12)15-11/h1-7H. The first-order valence-corrected chi connectivity index (χ1v) is 5.68. The lowest BCUT2D eigenvalue weighted by Crippen LogP contribution is -1.96. The number of rotatable bonds is 0. The van der Waals surface area contributed by atoms with E-state index in [1.54, 1.807) is 11.8 Å². The Balaban J connectivity index is 2.16. The van der Waals surface area contributed by atoms with Crippen molar-refractivity contribution in [2.24, 2.45) is 0 Å². The summed E-state index contributed by atoms with van der Waals surface area (Å²) in [5, 5.41) is 9.02. The van der Waals surface area contributed by atoms with Crippen molar-refractivity contribution in [3.05, 3.63) is 48.0 Å². The SMILES string of the molecule is N#Cc1cccc2c1Sc1ccccc1O2. The molecule has 0 aromatic heterocycles. The Morgan fingerprint density at radius 1 is 1.00 bits per heavy atom. The van der Waals surface area contributed by atoms with Crippen molar-refractivity contribution in [1.82, 2.24) is 0 Å². The molecular weight excluding hydrogens is 218 g/mol. The predicted molar refractivity (Wildman–Crippen MR) is 61.8 cm³/mol. The van der Waals surface area contributed by atoms with Gasteiger partial charge in [-0.15, -0.1) is 0 Å². The lowest BCUT2D eigenvalue weighted by molar-refractivity contribution is 0.454. The van der Waals surface area contributed by atoms with Crippen molar-refractivity contribution >= 4 is 11.8 Å². The molecule has 16 heavy (non-hydrogen) atoms. The zero-order chi connectivity index (χ0) is 11.0. The number of para-hydroxylation sites is 1. The van der Waals surface area contributed by atoms with E-state index in [1.807, 2.05) is 42.5 Å². The number of nitrogens with zero attached hydrogens (tertiary/aromatic N) is 1. The highest BCUT2D eigenvalue weighted by atomic mass is 32.2. The van der Waals surface area contributed by atoms with Gasteiger partial charge in [0, 0.05) is 0 Å². The molecule has 3 rings (SSSR count). The Morgan fingerprint density at radius 3 is 2.69 bits per heavy atom. The highest BCUT2D eigenvalue weighted by molar-refractivity contribution is 7.99. The van der Waals surface area contributed by atoms with Gasteiger partial charge in [0.05, 0.1) is 15.4 Å². The molecule has 2 aromatic carbocycles. The first-order chi connectivity index (χ1) is 7.88. The molecule has 1 heterocycles. The lowest BCUT2D eigenvalue weighted by Gasteiger charge is -2.19. The van der Waals surface area contributed by atoms with Crippen LogP contribution in [-0.2, 0) is 0 Å². The summed E-state index contributed by atoms with van der Waals surface area (Å²) in [6, 6.07) is 15.6. The molecule has 0 atom stereocenters. The van der Waals surface area contributed by atoms with Crippen LogP contribution in [0.4, 0.5) is 0 Å². The fourth-order valence-electron chi connectivity index (χ4n) is 1.64. The summed E-state index contributed by atoms with van der Waals surface area (Å²) in [7, 11) is 0. The van der Waals surface area contributed by atoms with E-state index in [1.165, 1.54) is 0 Å². The van der Waals surface area contributed by atoms with Crippen LogP contribution in [0.5, 0.6) is 11.5 Å². The topological polar surface area (TPSA) is 33.0 Å². The van der Waals surface area contributed by atoms with Gasteiger partial charge >= 0.3 is 0 Å². The molecule has 0 spiro atoms. The van der Waals surface area contributed by atoms with Gasteiger partial charge in [-0.1, -0.05) is 30.0 Å². The molecule has 0 fully saturated rings. The Kier molecular flexibility index (Phi) is 2.09. The molecule has 76 valence electrons. The molecule has 1 aliphatic rings. The molecule has 0 saturated carbocycles. The van der Waals surface area contributed by atoms with Crippen LogP contribution < -0.4 is 4.74 Å². The molecule has 1 aliphatic heterocycles. The minimum atomic E-state index is 0.664. The number of fused-ring (bicyclic) bond motifs is 2. The van der Waals surface area contributed by atoms with Crippen LogP contribution in [0.3, 0.4) is 0 Å². The van der Waals surface area contributed by atoms with Gasteiger partial charge in [-0.3, -0.25) is 0 Å². The maximum Gasteiger partial charge on any atom is 0.142 e. The molecule has 2 aromatic rings. The monoisotopic (exact) mass is 225 g/mol. The highest BCUT2D eigenvalue weighted by Gasteiger charge is 2.19. The average molecular weight is 225 g/mol. The highest BCUT2D eigenvalue weighted by Crippen LogP contribution is 2.47. The largest absolute Gasteiger partial charge is 0.455 e. The Labute approximate surface area is 97.5 Å². The number of ether oxygens (including phenoxy) is 1. The van der Waals surface area contributed by atoms with Gasteiger partial charge in [0.1, 0.15) is 17.6 Å². The van der Waals surface area contributed by atoms with Gasteiger partial charge in [-0.25, -0.2) is 0 Å². The molecule has 0 aliphatic carbocycles. The van der Waals surface area contributed by atoms with E-state index in [-0.39, 0.29) is 0 Å². The number of nitriles is 1. The fourth-order valence-corrected chi connectivity index (χ4v) is 2.65. The van der Waals surface area contributed by atoms with Gasteiger partial charge in [0.25, 0.3) is 0 Å². The normalized spacial score (nSPS) is 11.9. The van der Waals surface area contributed by atoms with E-state index in [2.05, 4.69) is 6.07 Å². The number of hydrogen-bond acceptors (Lipinski definition) is 3. The maximum atomic E-state index is 9.02. The second kappa shape index (κ2) is 3.58. The molecule has 0 radical (unpaired) electrons. The van der Waals surface area contributed by atoms with Crippen LogP contribution in [0.2, 0.25) is 0 Å². The Morgan fingerprint density at radius 2 is 1.81 bits per heavy atom. The van der Waals surface area contributed by atoms with Crippen LogP contribution in [0.15, 0.2) is 52.3 Å². The first kappa shape index (κ1) is 9.32. The summed E-state index contributed by atoms with van der Waals surface area (Å²) in [6.07, 6.45) is 0. The van der Waals surface area contributed by atoms with Crippen molar-refractivity contribution in [1.29, 1.82) is 5.26 Å². The van der Waals surface area contributed by atoms with Crippen LogP contribution in [0.1, 0.15) is 5.56 Å². The van der Waals surface area contributed by atoms with Crippen LogP contribution >= 0.6 is 11.8 Å². The fraction of sp³-hybridized carbons (Fsp3) is 0. The van der Waals surface area contributed by atoms with Crippen molar-refractivity contribution in [3.63, 3.8) is 0 Å². The first-order valence-electron chi connectivity index (χ1n) is 4.86. The van der Waals surface area contributed by atoms with E-state index < -0.39 is 0 Å². The minimum absolute atomic E-state index is 0.664. The second-order valence-electron chi connectivity index (χ2n) is 3.40. The van der Waals surface area contributed by atoms with Crippen molar-refractivity contribution < 1.29 is 4.74 Å². The summed E-state index contributed by atoms with van der Waals surface area (Å²) >= 11 is 1.59. The molecule has 0 unspecified atom stereocenters. The van der Waals surface area contributed by atoms with Gasteiger partial charge in [-0.2, -0.15) is 5.26 Å². The molecular formula is C13H7NOS. The number of benzene rings is 2. The quantitative estimate of drug-likeness (QED) is 0.583. The maximum absolute atomic E-state index is 9.02. The molecule has 0 N–H and O–H groups in total. The van der Waals surface area contributed by atoms with E-state index in [4.69, 9.17) is 10.00 Å². The minimum Gasteiger partial charge on any atom is -0.455 e. The Hall–Kier alpha value is -1.92. The van der Waals surface area contributed by atoms with Crippen LogP contribution in [-0.4, -0.2) is 0 Å².